The Morgan fingerprint density at radius 2 is 1.52 bits per heavy atom. The summed E-state index contributed by atoms with van der Waals surface area (Å²) in [5.74, 6) is 3.34. The zero-order valence-electron chi connectivity index (χ0n) is 25.3. The first-order valence-electron chi connectivity index (χ1n) is 14.8. The van der Waals surface area contributed by atoms with Crippen LogP contribution in [0.15, 0.2) is 69.5 Å². The van der Waals surface area contributed by atoms with E-state index < -0.39 is 5.92 Å². The minimum Gasteiger partial charge on any atom is -0.490 e. The molecule has 0 spiro atoms. The Morgan fingerprint density at radius 1 is 0.929 bits per heavy atom. The van der Waals surface area contributed by atoms with E-state index in [-0.39, 0.29) is 29.0 Å². The van der Waals surface area contributed by atoms with Crippen LogP contribution in [-0.2, 0) is 16.0 Å². The fourth-order valence-corrected chi connectivity index (χ4v) is 7.38. The third kappa shape index (κ3) is 5.95. The van der Waals surface area contributed by atoms with Crippen LogP contribution in [0.4, 0.5) is 0 Å². The van der Waals surface area contributed by atoms with Gasteiger partial charge in [-0.25, -0.2) is 0 Å². The molecule has 42 heavy (non-hydrogen) atoms. The molecule has 0 radical (unpaired) electrons. The van der Waals surface area contributed by atoms with Gasteiger partial charge in [0.25, 0.3) is 0 Å². The molecule has 6 heteroatoms. The van der Waals surface area contributed by atoms with Crippen molar-refractivity contribution in [2.45, 2.75) is 72.6 Å². The maximum Gasteiger partial charge on any atom is 0.176 e. The van der Waals surface area contributed by atoms with Gasteiger partial charge in [0.15, 0.2) is 23.1 Å². The first-order valence-corrected chi connectivity index (χ1v) is 15.6. The summed E-state index contributed by atoms with van der Waals surface area (Å²) in [7, 11) is 0. The highest BCUT2D eigenvalue weighted by atomic mass is 79.9. The molecule has 0 saturated heterocycles. The molecule has 0 unspecified atom stereocenters. The minimum absolute atomic E-state index is 0.101. The average molecular weight is 631 g/mol. The highest BCUT2D eigenvalue weighted by Crippen LogP contribution is 2.55. The molecule has 2 aliphatic carbocycles. The maximum atomic E-state index is 14.2. The number of nitrogens with zero attached hydrogens (tertiary/aromatic N) is 1. The van der Waals surface area contributed by atoms with Crippen molar-refractivity contribution in [1.29, 1.82) is 0 Å². The number of ether oxygens (including phenoxy) is 2. The van der Waals surface area contributed by atoms with E-state index in [1.54, 1.807) is 0 Å². The van der Waals surface area contributed by atoms with Gasteiger partial charge in [-0.05, 0) is 76.2 Å². The van der Waals surface area contributed by atoms with E-state index >= 15 is 0 Å². The number of halogens is 1. The lowest BCUT2D eigenvalue weighted by atomic mass is 9.63. The van der Waals surface area contributed by atoms with E-state index in [4.69, 9.17) is 15.9 Å². The molecule has 1 aliphatic heterocycles. The van der Waals surface area contributed by atoms with Crippen LogP contribution in [0.1, 0.15) is 77.3 Å². The highest BCUT2D eigenvalue weighted by molar-refractivity contribution is 9.10. The summed E-state index contributed by atoms with van der Waals surface area (Å²) < 4.78 is 12.5. The Kier molecular flexibility index (Phi) is 8.45. The highest BCUT2D eigenvalue weighted by Gasteiger charge is 2.49. The van der Waals surface area contributed by atoms with Crippen LogP contribution in [0.5, 0.6) is 11.5 Å². The fraction of sp³-hybridized carbons (Fsp3) is 0.444. The maximum absolute atomic E-state index is 14.2. The number of ketones is 2. The molecule has 5 nitrogen and oxygen atoms in total. The van der Waals surface area contributed by atoms with Crippen LogP contribution in [0.2, 0.25) is 0 Å². The van der Waals surface area contributed by atoms with E-state index in [1.807, 2.05) is 25.1 Å². The van der Waals surface area contributed by atoms with E-state index in [9.17, 15) is 9.59 Å². The van der Waals surface area contributed by atoms with Crippen LogP contribution in [0.3, 0.4) is 0 Å². The minimum atomic E-state index is -0.465. The average Bonchev–Trinajstić information content (AvgIpc) is 2.90. The van der Waals surface area contributed by atoms with Gasteiger partial charge in [-0.2, -0.15) is 0 Å². The second-order valence-electron chi connectivity index (χ2n) is 13.2. The van der Waals surface area contributed by atoms with Crippen LogP contribution >= 0.6 is 15.9 Å². The van der Waals surface area contributed by atoms with Gasteiger partial charge < -0.3 is 14.4 Å². The van der Waals surface area contributed by atoms with Crippen LogP contribution in [0, 0.1) is 23.2 Å². The third-order valence-corrected chi connectivity index (χ3v) is 9.04. The van der Waals surface area contributed by atoms with E-state index in [0.29, 0.717) is 42.0 Å². The van der Waals surface area contributed by atoms with Crippen LogP contribution in [0.25, 0.3) is 0 Å². The van der Waals surface area contributed by atoms with Crippen molar-refractivity contribution in [3.05, 3.63) is 80.6 Å². The van der Waals surface area contributed by atoms with Gasteiger partial charge in [0, 0.05) is 47.8 Å². The molecule has 2 aromatic rings. The molecule has 3 aliphatic rings. The summed E-state index contributed by atoms with van der Waals surface area (Å²) in [6.07, 6.45) is 8.72. The molecule has 0 fully saturated rings. The molecule has 0 saturated carbocycles. The summed E-state index contributed by atoms with van der Waals surface area (Å²) in [5, 5.41) is 0. The molecule has 0 amide bonds. The number of rotatable bonds is 8. The molecule has 0 aromatic heterocycles. The largest absolute Gasteiger partial charge is 0.490 e. The smallest absolute Gasteiger partial charge is 0.176 e. The monoisotopic (exact) mass is 629 g/mol. The van der Waals surface area contributed by atoms with Crippen molar-refractivity contribution in [3.63, 3.8) is 0 Å². The number of hydrogen-bond acceptors (Lipinski definition) is 5. The summed E-state index contributed by atoms with van der Waals surface area (Å²) in [6.45, 7) is 11.8. The van der Waals surface area contributed by atoms with Crippen molar-refractivity contribution in [1.82, 2.24) is 4.90 Å². The predicted octanol–water partition coefficient (Wildman–Crippen LogP) is 7.79. The number of carbonyl (C=O) groups excluding carboxylic acids is 2. The van der Waals surface area contributed by atoms with Gasteiger partial charge in [0.2, 0.25) is 0 Å². The van der Waals surface area contributed by atoms with Crippen molar-refractivity contribution in [2.75, 3.05) is 19.8 Å². The van der Waals surface area contributed by atoms with E-state index in [1.165, 1.54) is 5.56 Å². The Morgan fingerprint density at radius 3 is 2.07 bits per heavy atom. The standard InChI is InChI=1S/C36H40BrNO4/c1-7-16-42-34-25(37)17-24(18-30(34)41-8-2)31-32-26(19-35(3,4)21-28(32)39)38(15-14-23-12-10-9-11-13-23)27-20-36(5,6)22-29(40)33(27)31/h1,9-13,17-18,31H,8,14-16,19-22H2,2-6H3. The van der Waals surface area contributed by atoms with Gasteiger partial charge in [0.05, 0.1) is 11.1 Å². The van der Waals surface area contributed by atoms with Gasteiger partial charge in [-0.15, -0.1) is 6.42 Å². The quantitative estimate of drug-likeness (QED) is 0.279. The Labute approximate surface area is 258 Å². The normalized spacial score (nSPS) is 19.8. The second-order valence-corrected chi connectivity index (χ2v) is 14.0. The zero-order valence-corrected chi connectivity index (χ0v) is 26.9. The Bertz CT molecular complexity index is 1450. The lowest BCUT2D eigenvalue weighted by molar-refractivity contribution is -0.119. The number of Topliss-reactive ketones (excluding diaryl/α,β-unsaturated/α-hetero) is 2. The summed E-state index contributed by atoms with van der Waals surface area (Å²) in [6, 6.07) is 14.3. The lowest BCUT2D eigenvalue weighted by Crippen LogP contribution is -2.45. The number of allylic oxidation sites excluding steroid dienone is 4. The Hall–Kier alpha value is -3.30. The van der Waals surface area contributed by atoms with Crippen molar-refractivity contribution < 1.29 is 19.1 Å². The first-order chi connectivity index (χ1) is 19.9. The fourth-order valence-electron chi connectivity index (χ4n) is 6.81. The van der Waals surface area contributed by atoms with Gasteiger partial charge in [-0.3, -0.25) is 9.59 Å². The van der Waals surface area contributed by atoms with Gasteiger partial charge >= 0.3 is 0 Å². The summed E-state index contributed by atoms with van der Waals surface area (Å²) in [5.41, 5.74) is 5.35. The third-order valence-electron chi connectivity index (χ3n) is 8.45. The lowest BCUT2D eigenvalue weighted by Gasteiger charge is -2.49. The topological polar surface area (TPSA) is 55.8 Å². The van der Waals surface area contributed by atoms with Crippen molar-refractivity contribution in [2.24, 2.45) is 10.8 Å². The van der Waals surface area contributed by atoms with Crippen molar-refractivity contribution >= 4 is 27.5 Å². The molecule has 1 heterocycles. The summed E-state index contributed by atoms with van der Waals surface area (Å²) >= 11 is 3.68. The molecular weight excluding hydrogens is 590 g/mol. The predicted molar refractivity (Wildman–Crippen MR) is 169 cm³/mol. The van der Waals surface area contributed by atoms with Crippen molar-refractivity contribution in [3.8, 4) is 23.8 Å². The molecule has 220 valence electrons. The molecular formula is C36H40BrNO4. The van der Waals surface area contributed by atoms with E-state index in [0.717, 1.165) is 47.4 Å². The molecule has 5 rings (SSSR count). The number of hydrogen-bond donors (Lipinski definition) is 0. The Balaban J connectivity index is 1.72. The van der Waals surface area contributed by atoms with Crippen LogP contribution < -0.4 is 9.47 Å². The summed E-state index contributed by atoms with van der Waals surface area (Å²) in [4.78, 5) is 30.6. The second kappa shape index (κ2) is 11.8. The van der Waals surface area contributed by atoms with Gasteiger partial charge in [-0.1, -0.05) is 63.9 Å². The van der Waals surface area contributed by atoms with Crippen LogP contribution in [-0.4, -0.2) is 36.2 Å². The number of terminal acetylenes is 1. The van der Waals surface area contributed by atoms with Gasteiger partial charge in [0.1, 0.15) is 6.61 Å². The van der Waals surface area contributed by atoms with E-state index in [2.05, 4.69) is 78.7 Å². The first kappa shape index (κ1) is 30.2. The molecule has 0 atom stereocenters. The molecule has 2 aromatic carbocycles. The number of carbonyl (C=O) groups is 2. The zero-order chi connectivity index (χ0) is 30.2. The molecule has 0 bridgehead atoms. The number of benzene rings is 2. The SMILES string of the molecule is C#CCOc1c(Br)cc(C2C3=C(CC(C)(C)CC3=O)N(CCc3ccccc3)C3=C2C(=O)CC(C)(C)C3)cc1OCC. The molecule has 0 N–H and O–H groups in total.